The Bertz CT molecular complexity index is 820. The SMILES string of the molecule is CC1SCCN(c2ccc(C(=O)c3nccn3C)cc2[N+](=O)[O-])C1C. The van der Waals surface area contributed by atoms with E-state index in [2.05, 4.69) is 23.7 Å². The minimum Gasteiger partial charge on any atom is -0.361 e. The van der Waals surface area contributed by atoms with Crippen LogP contribution in [0.25, 0.3) is 0 Å². The van der Waals surface area contributed by atoms with Gasteiger partial charge in [0.2, 0.25) is 5.78 Å². The number of anilines is 1. The number of ketones is 1. The van der Waals surface area contributed by atoms with Gasteiger partial charge in [0.15, 0.2) is 5.82 Å². The summed E-state index contributed by atoms with van der Waals surface area (Å²) in [4.78, 5) is 29.9. The van der Waals surface area contributed by atoms with E-state index < -0.39 is 4.92 Å². The number of nitro benzene ring substituents is 1. The molecular weight excluding hydrogens is 340 g/mol. The standard InChI is InChI=1S/C17H20N4O3S/c1-11-12(2)25-9-8-20(11)14-5-4-13(10-15(14)21(23)24)16(22)17-18-6-7-19(17)3/h4-7,10-12H,8-9H2,1-3H3. The number of nitro groups is 1. The summed E-state index contributed by atoms with van der Waals surface area (Å²) in [5.74, 6) is 0.868. The van der Waals surface area contributed by atoms with Crippen molar-refractivity contribution in [2.45, 2.75) is 25.1 Å². The van der Waals surface area contributed by atoms with Crippen molar-refractivity contribution in [1.29, 1.82) is 0 Å². The van der Waals surface area contributed by atoms with Crippen LogP contribution in [0.5, 0.6) is 0 Å². The Morgan fingerprint density at radius 1 is 1.40 bits per heavy atom. The lowest BCUT2D eigenvalue weighted by Crippen LogP contribution is -2.45. The van der Waals surface area contributed by atoms with E-state index in [9.17, 15) is 14.9 Å². The number of aromatic nitrogens is 2. The second-order valence-corrected chi connectivity index (χ2v) is 7.65. The highest BCUT2D eigenvalue weighted by Crippen LogP contribution is 2.35. The highest BCUT2D eigenvalue weighted by molar-refractivity contribution is 8.00. The van der Waals surface area contributed by atoms with Crippen molar-refractivity contribution in [3.8, 4) is 0 Å². The van der Waals surface area contributed by atoms with Crippen LogP contribution < -0.4 is 4.90 Å². The van der Waals surface area contributed by atoms with E-state index in [1.165, 1.54) is 12.3 Å². The minimum atomic E-state index is -0.413. The number of benzene rings is 1. The van der Waals surface area contributed by atoms with Crippen molar-refractivity contribution in [3.63, 3.8) is 0 Å². The number of carbonyl (C=O) groups is 1. The average Bonchev–Trinajstić information content (AvgIpc) is 3.02. The van der Waals surface area contributed by atoms with Crippen LogP contribution >= 0.6 is 11.8 Å². The third-order valence-electron chi connectivity index (χ3n) is 4.65. The van der Waals surface area contributed by atoms with Gasteiger partial charge < -0.3 is 9.47 Å². The molecule has 7 nitrogen and oxygen atoms in total. The number of carbonyl (C=O) groups excluding carboxylic acids is 1. The second kappa shape index (κ2) is 6.87. The maximum atomic E-state index is 12.6. The van der Waals surface area contributed by atoms with Gasteiger partial charge in [0.1, 0.15) is 5.69 Å². The summed E-state index contributed by atoms with van der Waals surface area (Å²) < 4.78 is 1.60. The lowest BCUT2D eigenvalue weighted by Gasteiger charge is -2.38. The van der Waals surface area contributed by atoms with E-state index in [1.807, 2.05) is 11.8 Å². The molecule has 0 N–H and O–H groups in total. The molecule has 1 aromatic heterocycles. The Kier molecular flexibility index (Phi) is 4.80. The van der Waals surface area contributed by atoms with Crippen molar-refractivity contribution in [2.75, 3.05) is 17.2 Å². The zero-order valence-corrected chi connectivity index (χ0v) is 15.2. The zero-order chi connectivity index (χ0) is 18.1. The number of nitrogens with zero attached hydrogens (tertiary/aromatic N) is 4. The van der Waals surface area contributed by atoms with Crippen LogP contribution in [0, 0.1) is 10.1 Å². The predicted molar refractivity (Wildman–Crippen MR) is 98.5 cm³/mol. The molecule has 0 bridgehead atoms. The molecule has 8 heteroatoms. The van der Waals surface area contributed by atoms with Crippen molar-refractivity contribution in [3.05, 3.63) is 52.1 Å². The van der Waals surface area contributed by atoms with Crippen molar-refractivity contribution in [2.24, 2.45) is 7.05 Å². The predicted octanol–water partition coefficient (Wildman–Crippen LogP) is 2.89. The fourth-order valence-electron chi connectivity index (χ4n) is 3.04. The number of hydrogen-bond donors (Lipinski definition) is 0. The summed E-state index contributed by atoms with van der Waals surface area (Å²) in [6.45, 7) is 4.96. The molecule has 0 spiro atoms. The summed E-state index contributed by atoms with van der Waals surface area (Å²) >= 11 is 1.87. The van der Waals surface area contributed by atoms with E-state index in [-0.39, 0.29) is 28.9 Å². The number of imidazole rings is 1. The van der Waals surface area contributed by atoms with Crippen molar-refractivity contribution in [1.82, 2.24) is 9.55 Å². The molecule has 1 aliphatic heterocycles. The van der Waals surface area contributed by atoms with Crippen LogP contribution in [0.2, 0.25) is 0 Å². The Morgan fingerprint density at radius 2 is 2.16 bits per heavy atom. The molecule has 1 saturated heterocycles. The molecule has 0 aliphatic carbocycles. The Hall–Kier alpha value is -2.35. The maximum absolute atomic E-state index is 12.6. The molecule has 2 unspecified atom stereocenters. The summed E-state index contributed by atoms with van der Waals surface area (Å²) in [5, 5.41) is 12.0. The van der Waals surface area contributed by atoms with Crippen LogP contribution in [0.1, 0.15) is 30.0 Å². The summed E-state index contributed by atoms with van der Waals surface area (Å²) in [6, 6.07) is 4.89. The third kappa shape index (κ3) is 3.26. The molecule has 25 heavy (non-hydrogen) atoms. The smallest absolute Gasteiger partial charge is 0.293 e. The quantitative estimate of drug-likeness (QED) is 0.474. The van der Waals surface area contributed by atoms with Crippen LogP contribution in [0.4, 0.5) is 11.4 Å². The van der Waals surface area contributed by atoms with E-state index in [0.717, 1.165) is 12.3 Å². The minimum absolute atomic E-state index is 0.0361. The molecule has 1 aliphatic rings. The third-order valence-corrected chi connectivity index (χ3v) is 5.99. The fraction of sp³-hybridized carbons (Fsp3) is 0.412. The first-order valence-electron chi connectivity index (χ1n) is 8.09. The Balaban J connectivity index is 2.00. The molecule has 2 aromatic rings. The number of hydrogen-bond acceptors (Lipinski definition) is 6. The van der Waals surface area contributed by atoms with Gasteiger partial charge in [0.25, 0.3) is 5.69 Å². The van der Waals surface area contributed by atoms with Gasteiger partial charge in [-0.25, -0.2) is 4.98 Å². The van der Waals surface area contributed by atoms with Gasteiger partial charge in [-0.1, -0.05) is 6.92 Å². The first kappa shape index (κ1) is 17.5. The molecule has 3 rings (SSSR count). The number of rotatable bonds is 4. The van der Waals surface area contributed by atoms with Crippen LogP contribution in [0.3, 0.4) is 0 Å². The molecule has 2 heterocycles. The molecule has 0 radical (unpaired) electrons. The van der Waals surface area contributed by atoms with Gasteiger partial charge in [-0.15, -0.1) is 0 Å². The van der Waals surface area contributed by atoms with Gasteiger partial charge in [0.05, 0.1) is 4.92 Å². The lowest BCUT2D eigenvalue weighted by molar-refractivity contribution is -0.384. The molecule has 2 atom stereocenters. The van der Waals surface area contributed by atoms with E-state index in [4.69, 9.17) is 0 Å². The average molecular weight is 360 g/mol. The summed E-state index contributed by atoms with van der Waals surface area (Å²) in [7, 11) is 1.72. The fourth-order valence-corrected chi connectivity index (χ4v) is 4.14. The number of thioether (sulfide) groups is 1. The van der Waals surface area contributed by atoms with Gasteiger partial charge in [0, 0.05) is 54.7 Å². The Morgan fingerprint density at radius 3 is 2.80 bits per heavy atom. The summed E-state index contributed by atoms with van der Waals surface area (Å²) in [5.41, 5.74) is 0.809. The van der Waals surface area contributed by atoms with E-state index >= 15 is 0 Å². The molecule has 132 valence electrons. The topological polar surface area (TPSA) is 81.3 Å². The highest BCUT2D eigenvalue weighted by Gasteiger charge is 2.30. The van der Waals surface area contributed by atoms with Crippen LogP contribution in [-0.4, -0.2) is 43.8 Å². The maximum Gasteiger partial charge on any atom is 0.293 e. The largest absolute Gasteiger partial charge is 0.361 e. The first-order valence-corrected chi connectivity index (χ1v) is 9.13. The lowest BCUT2D eigenvalue weighted by atomic mass is 10.1. The molecule has 0 saturated carbocycles. The monoisotopic (exact) mass is 360 g/mol. The number of aryl methyl sites for hydroxylation is 1. The molecule has 1 aromatic carbocycles. The normalized spacial score (nSPS) is 20.5. The molecular formula is C17H20N4O3S. The Labute approximate surface area is 150 Å². The van der Waals surface area contributed by atoms with Gasteiger partial charge >= 0.3 is 0 Å². The van der Waals surface area contributed by atoms with Gasteiger partial charge in [-0.2, -0.15) is 11.8 Å². The van der Waals surface area contributed by atoms with Crippen LogP contribution in [-0.2, 0) is 7.05 Å². The van der Waals surface area contributed by atoms with E-state index in [0.29, 0.717) is 10.9 Å². The molecule has 1 fully saturated rings. The van der Waals surface area contributed by atoms with Crippen molar-refractivity contribution >= 4 is 28.9 Å². The van der Waals surface area contributed by atoms with Crippen LogP contribution in [0.15, 0.2) is 30.6 Å². The van der Waals surface area contributed by atoms with E-state index in [1.54, 1.807) is 29.9 Å². The summed E-state index contributed by atoms with van der Waals surface area (Å²) in [6.07, 6.45) is 3.20. The van der Waals surface area contributed by atoms with Gasteiger partial charge in [-0.3, -0.25) is 14.9 Å². The highest BCUT2D eigenvalue weighted by atomic mass is 32.2. The van der Waals surface area contributed by atoms with Crippen molar-refractivity contribution < 1.29 is 9.72 Å². The molecule has 0 amide bonds. The first-order chi connectivity index (χ1) is 11.9. The second-order valence-electron chi connectivity index (χ2n) is 6.16. The zero-order valence-electron chi connectivity index (χ0n) is 14.4. The van der Waals surface area contributed by atoms with Gasteiger partial charge in [-0.05, 0) is 19.1 Å².